The lowest BCUT2D eigenvalue weighted by Crippen LogP contribution is -2.42. The molecular formula is C16H19F2NO5. The Balaban J connectivity index is 1.81. The fraction of sp³-hybridized carbons (Fsp3) is 0.562. The highest BCUT2D eigenvalue weighted by Crippen LogP contribution is 2.39. The fourth-order valence-corrected chi connectivity index (χ4v) is 3.31. The fourth-order valence-electron chi connectivity index (χ4n) is 3.31. The zero-order valence-electron chi connectivity index (χ0n) is 13.2. The Morgan fingerprint density at radius 3 is 2.75 bits per heavy atom. The lowest BCUT2D eigenvalue weighted by molar-refractivity contribution is -0.144. The number of fused-ring (bicyclic) bond motifs is 1. The van der Waals surface area contributed by atoms with Gasteiger partial charge in [0.1, 0.15) is 5.75 Å². The molecule has 1 fully saturated rings. The highest BCUT2D eigenvalue weighted by molar-refractivity contribution is 5.70. The largest absolute Gasteiger partial charge is 0.481 e. The predicted molar refractivity (Wildman–Crippen MR) is 79.4 cm³/mol. The molecule has 0 bridgehead atoms. The van der Waals surface area contributed by atoms with Crippen molar-refractivity contribution in [3.8, 4) is 17.2 Å². The van der Waals surface area contributed by atoms with Gasteiger partial charge in [-0.3, -0.25) is 9.69 Å². The number of carbonyl (C=O) groups is 1. The van der Waals surface area contributed by atoms with E-state index < -0.39 is 18.5 Å². The Kier molecular flexibility index (Phi) is 4.75. The number of carboxylic acids is 1. The number of likely N-dealkylation sites (tertiary alicyclic amines) is 1. The second kappa shape index (κ2) is 6.80. The van der Waals surface area contributed by atoms with E-state index in [0.29, 0.717) is 43.1 Å². The third-order valence-corrected chi connectivity index (χ3v) is 4.25. The number of aliphatic carboxylic acids is 1. The lowest BCUT2D eigenvalue weighted by atomic mass is 9.90. The van der Waals surface area contributed by atoms with Crippen LogP contribution in [0.1, 0.15) is 18.9 Å². The average Bonchev–Trinajstić information content (AvgIpc) is 2.93. The molecule has 1 aromatic rings. The highest BCUT2D eigenvalue weighted by atomic mass is 19.3. The van der Waals surface area contributed by atoms with Crippen molar-refractivity contribution in [2.45, 2.75) is 26.5 Å². The Labute approximate surface area is 137 Å². The summed E-state index contributed by atoms with van der Waals surface area (Å²) in [7, 11) is 0. The maximum Gasteiger partial charge on any atom is 0.387 e. The van der Waals surface area contributed by atoms with Crippen molar-refractivity contribution in [2.24, 2.45) is 11.8 Å². The van der Waals surface area contributed by atoms with E-state index in [9.17, 15) is 18.7 Å². The third-order valence-electron chi connectivity index (χ3n) is 4.25. The summed E-state index contributed by atoms with van der Waals surface area (Å²) in [6.07, 6.45) is 0.618. The van der Waals surface area contributed by atoms with Crippen molar-refractivity contribution in [2.75, 3.05) is 19.9 Å². The number of rotatable bonds is 5. The Hall–Kier alpha value is -2.09. The van der Waals surface area contributed by atoms with Gasteiger partial charge in [-0.25, -0.2) is 0 Å². The molecule has 0 aromatic heterocycles. The number of hydrogen-bond acceptors (Lipinski definition) is 5. The van der Waals surface area contributed by atoms with Crippen molar-refractivity contribution in [3.05, 3.63) is 17.7 Å². The minimum Gasteiger partial charge on any atom is -0.481 e. The van der Waals surface area contributed by atoms with E-state index in [1.54, 1.807) is 6.07 Å². The second-order valence-corrected chi connectivity index (χ2v) is 6.26. The quantitative estimate of drug-likeness (QED) is 0.886. The number of ether oxygens (including phenoxy) is 3. The van der Waals surface area contributed by atoms with Gasteiger partial charge in [0.25, 0.3) is 0 Å². The maximum absolute atomic E-state index is 12.7. The van der Waals surface area contributed by atoms with Crippen LogP contribution >= 0.6 is 0 Å². The van der Waals surface area contributed by atoms with Gasteiger partial charge in [0.15, 0.2) is 11.5 Å². The molecule has 3 rings (SSSR count). The Morgan fingerprint density at radius 2 is 2.08 bits per heavy atom. The number of alkyl halides is 2. The van der Waals surface area contributed by atoms with E-state index in [0.717, 1.165) is 0 Å². The topological polar surface area (TPSA) is 68.2 Å². The van der Waals surface area contributed by atoms with Gasteiger partial charge in [-0.2, -0.15) is 8.78 Å². The monoisotopic (exact) mass is 343 g/mol. The van der Waals surface area contributed by atoms with Crippen LogP contribution in [0.5, 0.6) is 17.2 Å². The molecule has 0 saturated carbocycles. The second-order valence-electron chi connectivity index (χ2n) is 6.26. The van der Waals surface area contributed by atoms with Gasteiger partial charge < -0.3 is 19.3 Å². The molecule has 0 aliphatic carbocycles. The molecule has 1 N–H and O–H groups in total. The van der Waals surface area contributed by atoms with E-state index >= 15 is 0 Å². The number of carboxylic acid groups (broad SMARTS) is 1. The van der Waals surface area contributed by atoms with E-state index in [1.807, 2.05) is 11.8 Å². The van der Waals surface area contributed by atoms with E-state index in [2.05, 4.69) is 4.74 Å². The first-order valence-electron chi connectivity index (χ1n) is 7.75. The molecule has 132 valence electrons. The molecule has 2 aliphatic rings. The van der Waals surface area contributed by atoms with Crippen LogP contribution in [0.4, 0.5) is 8.78 Å². The molecule has 24 heavy (non-hydrogen) atoms. The zero-order valence-corrected chi connectivity index (χ0v) is 13.2. The summed E-state index contributed by atoms with van der Waals surface area (Å²) >= 11 is 0. The summed E-state index contributed by atoms with van der Waals surface area (Å²) < 4.78 is 40.4. The van der Waals surface area contributed by atoms with Gasteiger partial charge >= 0.3 is 12.6 Å². The molecule has 2 unspecified atom stereocenters. The van der Waals surface area contributed by atoms with Crippen LogP contribution in [0.25, 0.3) is 0 Å². The summed E-state index contributed by atoms with van der Waals surface area (Å²) in [5, 5.41) is 9.25. The normalized spacial score (nSPS) is 23.5. The summed E-state index contributed by atoms with van der Waals surface area (Å²) in [4.78, 5) is 13.2. The maximum atomic E-state index is 12.7. The molecule has 0 radical (unpaired) electrons. The molecule has 6 nitrogen and oxygen atoms in total. The minimum absolute atomic E-state index is 0.0272. The summed E-state index contributed by atoms with van der Waals surface area (Å²) in [6.45, 7) is 0.463. The molecule has 1 saturated heterocycles. The number of piperidine rings is 1. The van der Waals surface area contributed by atoms with Crippen LogP contribution < -0.4 is 14.2 Å². The summed E-state index contributed by atoms with van der Waals surface area (Å²) in [5.74, 6) is -0.201. The van der Waals surface area contributed by atoms with Crippen molar-refractivity contribution >= 4 is 5.97 Å². The van der Waals surface area contributed by atoms with E-state index in [1.165, 1.54) is 6.07 Å². The SMILES string of the molecule is CC1CC(C(=O)O)CN(Cc2cc3c(cc2OC(F)F)OCO3)C1. The standard InChI is InChI=1S/C16H19F2NO5/c1-9-2-11(15(20)21)7-19(5-9)6-10-3-13-14(23-8-22-13)4-12(10)24-16(17)18/h3-4,9,11,16H,2,5-8H2,1H3,(H,20,21). The summed E-state index contributed by atoms with van der Waals surface area (Å²) in [5.41, 5.74) is 0.526. The van der Waals surface area contributed by atoms with E-state index in [-0.39, 0.29) is 18.5 Å². The Bertz CT molecular complexity index is 625. The van der Waals surface area contributed by atoms with Crippen LogP contribution in [-0.4, -0.2) is 42.5 Å². The first-order valence-corrected chi connectivity index (χ1v) is 7.75. The number of halogens is 2. The van der Waals surface area contributed by atoms with Crippen LogP contribution in [0, 0.1) is 11.8 Å². The van der Waals surface area contributed by atoms with Crippen LogP contribution in [0.3, 0.4) is 0 Å². The zero-order chi connectivity index (χ0) is 17.3. The predicted octanol–water partition coefficient (Wildman–Crippen LogP) is 2.56. The first kappa shape index (κ1) is 16.8. The van der Waals surface area contributed by atoms with Crippen molar-refractivity contribution in [1.82, 2.24) is 4.90 Å². The molecular weight excluding hydrogens is 324 g/mol. The molecule has 2 atom stereocenters. The minimum atomic E-state index is -2.95. The molecule has 2 aliphatic heterocycles. The number of nitrogens with zero attached hydrogens (tertiary/aromatic N) is 1. The van der Waals surface area contributed by atoms with Gasteiger partial charge in [-0.1, -0.05) is 6.92 Å². The van der Waals surface area contributed by atoms with Crippen molar-refractivity contribution in [3.63, 3.8) is 0 Å². The smallest absolute Gasteiger partial charge is 0.387 e. The van der Waals surface area contributed by atoms with Gasteiger partial charge in [0.05, 0.1) is 5.92 Å². The highest BCUT2D eigenvalue weighted by Gasteiger charge is 2.30. The van der Waals surface area contributed by atoms with Crippen LogP contribution in [0.2, 0.25) is 0 Å². The molecule has 2 heterocycles. The molecule has 0 amide bonds. The van der Waals surface area contributed by atoms with Gasteiger partial charge in [-0.05, 0) is 18.4 Å². The third kappa shape index (κ3) is 3.69. The van der Waals surface area contributed by atoms with Crippen molar-refractivity contribution in [1.29, 1.82) is 0 Å². The molecule has 8 heteroatoms. The van der Waals surface area contributed by atoms with Gasteiger partial charge in [0.2, 0.25) is 6.79 Å². The van der Waals surface area contributed by atoms with Gasteiger partial charge in [-0.15, -0.1) is 0 Å². The number of hydrogen-bond donors (Lipinski definition) is 1. The summed E-state index contributed by atoms with van der Waals surface area (Å²) in [6, 6.07) is 3.01. The van der Waals surface area contributed by atoms with E-state index in [4.69, 9.17) is 9.47 Å². The van der Waals surface area contributed by atoms with Crippen LogP contribution in [0.15, 0.2) is 12.1 Å². The lowest BCUT2D eigenvalue weighted by Gasteiger charge is -2.34. The Morgan fingerprint density at radius 1 is 1.38 bits per heavy atom. The number of benzene rings is 1. The average molecular weight is 343 g/mol. The molecule has 1 aromatic carbocycles. The van der Waals surface area contributed by atoms with Crippen LogP contribution in [-0.2, 0) is 11.3 Å². The van der Waals surface area contributed by atoms with Crippen molar-refractivity contribution < 1.29 is 32.9 Å². The first-order chi connectivity index (χ1) is 11.4. The molecule has 0 spiro atoms. The van der Waals surface area contributed by atoms with Gasteiger partial charge in [0, 0.05) is 31.3 Å².